The molecule has 2 rings (SSSR count). The van der Waals surface area contributed by atoms with Crippen molar-refractivity contribution in [1.82, 2.24) is 9.80 Å². The van der Waals surface area contributed by atoms with E-state index in [1.165, 1.54) is 4.90 Å². The summed E-state index contributed by atoms with van der Waals surface area (Å²) in [6, 6.07) is -0.840. The highest BCUT2D eigenvalue weighted by molar-refractivity contribution is 5.97. The molecule has 0 bridgehead atoms. The number of nitrogens with zero attached hydrogens (tertiary/aromatic N) is 2. The van der Waals surface area contributed by atoms with Crippen LogP contribution < -0.4 is 0 Å². The molecule has 0 N–H and O–H groups in total. The van der Waals surface area contributed by atoms with E-state index in [1.54, 1.807) is 4.90 Å². The van der Waals surface area contributed by atoms with Crippen molar-refractivity contribution >= 4 is 11.8 Å². The van der Waals surface area contributed by atoms with E-state index >= 15 is 0 Å². The average molecular weight is 290 g/mol. The highest BCUT2D eigenvalue weighted by atomic mass is 19.3. The SMILES string of the molecule is CCC1C(=O)N2CCCC2C(=O)N1CCOCC(F)F. The highest BCUT2D eigenvalue weighted by Crippen LogP contribution is 2.27. The van der Waals surface area contributed by atoms with Crippen LogP contribution >= 0.6 is 0 Å². The van der Waals surface area contributed by atoms with E-state index in [0.717, 1.165) is 6.42 Å². The number of halogens is 2. The molecule has 5 nitrogen and oxygen atoms in total. The average Bonchev–Trinajstić information content (AvgIpc) is 2.89. The second kappa shape index (κ2) is 6.47. The minimum Gasteiger partial charge on any atom is -0.374 e. The van der Waals surface area contributed by atoms with Gasteiger partial charge in [-0.25, -0.2) is 8.78 Å². The molecule has 0 aromatic carbocycles. The third-order valence-electron chi connectivity index (χ3n) is 3.87. The topological polar surface area (TPSA) is 49.9 Å². The molecular weight excluding hydrogens is 270 g/mol. The molecule has 2 heterocycles. The Labute approximate surface area is 116 Å². The molecule has 20 heavy (non-hydrogen) atoms. The summed E-state index contributed by atoms with van der Waals surface area (Å²) < 4.78 is 28.8. The molecule has 2 unspecified atom stereocenters. The van der Waals surface area contributed by atoms with E-state index in [2.05, 4.69) is 0 Å². The van der Waals surface area contributed by atoms with Gasteiger partial charge in [0.2, 0.25) is 11.8 Å². The van der Waals surface area contributed by atoms with Gasteiger partial charge in [-0.1, -0.05) is 6.92 Å². The summed E-state index contributed by atoms with van der Waals surface area (Å²) in [6.45, 7) is 2.08. The Hall–Kier alpha value is -1.24. The maximum Gasteiger partial charge on any atom is 0.261 e. The lowest BCUT2D eigenvalue weighted by atomic mass is 10.0. The number of carbonyl (C=O) groups is 2. The summed E-state index contributed by atoms with van der Waals surface area (Å²) in [7, 11) is 0. The first-order chi connectivity index (χ1) is 9.56. The summed E-state index contributed by atoms with van der Waals surface area (Å²) in [5.74, 6) is -0.0990. The number of amides is 2. The van der Waals surface area contributed by atoms with Crippen LogP contribution in [-0.2, 0) is 14.3 Å². The Morgan fingerprint density at radius 1 is 1.35 bits per heavy atom. The van der Waals surface area contributed by atoms with Crippen molar-refractivity contribution in [3.8, 4) is 0 Å². The molecule has 2 aliphatic heterocycles. The fraction of sp³-hybridized carbons (Fsp3) is 0.846. The smallest absolute Gasteiger partial charge is 0.261 e. The Morgan fingerprint density at radius 2 is 2.10 bits per heavy atom. The van der Waals surface area contributed by atoms with Crippen molar-refractivity contribution in [2.45, 2.75) is 44.7 Å². The molecule has 0 aromatic rings. The van der Waals surface area contributed by atoms with E-state index in [1.807, 2.05) is 6.92 Å². The molecule has 2 fully saturated rings. The predicted molar refractivity (Wildman–Crippen MR) is 67.4 cm³/mol. The maximum absolute atomic E-state index is 12.4. The van der Waals surface area contributed by atoms with Gasteiger partial charge in [0.15, 0.2) is 0 Å². The predicted octanol–water partition coefficient (Wildman–Crippen LogP) is 0.880. The number of alkyl halides is 2. The molecule has 0 spiro atoms. The lowest BCUT2D eigenvalue weighted by Gasteiger charge is -2.42. The molecule has 0 aromatic heterocycles. The van der Waals surface area contributed by atoms with Crippen molar-refractivity contribution in [3.63, 3.8) is 0 Å². The fourth-order valence-electron chi connectivity index (χ4n) is 2.95. The lowest BCUT2D eigenvalue weighted by molar-refractivity contribution is -0.160. The fourth-order valence-corrected chi connectivity index (χ4v) is 2.95. The summed E-state index contributed by atoms with van der Waals surface area (Å²) in [4.78, 5) is 27.8. The summed E-state index contributed by atoms with van der Waals surface area (Å²) in [6.07, 6.45) is -0.451. The second-order valence-corrected chi connectivity index (χ2v) is 5.11. The van der Waals surface area contributed by atoms with Crippen LogP contribution in [0.15, 0.2) is 0 Å². The Balaban J connectivity index is 1.97. The van der Waals surface area contributed by atoms with Crippen LogP contribution in [0.2, 0.25) is 0 Å². The van der Waals surface area contributed by atoms with Crippen molar-refractivity contribution in [1.29, 1.82) is 0 Å². The quantitative estimate of drug-likeness (QED) is 0.682. The zero-order valence-electron chi connectivity index (χ0n) is 11.6. The largest absolute Gasteiger partial charge is 0.374 e. The van der Waals surface area contributed by atoms with Gasteiger partial charge in [0.25, 0.3) is 6.43 Å². The zero-order valence-corrected chi connectivity index (χ0v) is 11.6. The van der Waals surface area contributed by atoms with Gasteiger partial charge in [0.05, 0.1) is 6.61 Å². The standard InChI is InChI=1S/C13H20F2N2O3/c1-2-9-12(18)16-5-3-4-10(16)13(19)17(9)6-7-20-8-11(14)15/h9-11H,2-8H2,1H3. The molecule has 0 radical (unpaired) electrons. The second-order valence-electron chi connectivity index (χ2n) is 5.11. The van der Waals surface area contributed by atoms with Gasteiger partial charge < -0.3 is 14.5 Å². The minimum atomic E-state index is -2.51. The van der Waals surface area contributed by atoms with Gasteiger partial charge in [-0.3, -0.25) is 9.59 Å². The molecule has 2 saturated heterocycles. The van der Waals surface area contributed by atoms with Crippen molar-refractivity contribution in [2.24, 2.45) is 0 Å². The monoisotopic (exact) mass is 290 g/mol. The molecule has 7 heteroatoms. The Bertz CT molecular complexity index is 379. The first kappa shape index (κ1) is 15.2. The zero-order chi connectivity index (χ0) is 14.7. The van der Waals surface area contributed by atoms with Crippen LogP contribution in [0.3, 0.4) is 0 Å². The van der Waals surface area contributed by atoms with E-state index in [9.17, 15) is 18.4 Å². The lowest BCUT2D eigenvalue weighted by Crippen LogP contribution is -2.63. The number of hydrogen-bond donors (Lipinski definition) is 0. The molecule has 2 atom stereocenters. The Kier molecular flexibility index (Phi) is 4.91. The number of piperazine rings is 1. The van der Waals surface area contributed by atoms with Crippen molar-refractivity contribution < 1.29 is 23.1 Å². The third-order valence-corrected chi connectivity index (χ3v) is 3.87. The van der Waals surface area contributed by atoms with Gasteiger partial charge in [0, 0.05) is 13.1 Å². The van der Waals surface area contributed by atoms with Gasteiger partial charge >= 0.3 is 0 Å². The molecule has 114 valence electrons. The molecule has 0 aliphatic carbocycles. The van der Waals surface area contributed by atoms with Gasteiger partial charge in [-0.15, -0.1) is 0 Å². The summed E-state index contributed by atoms with van der Waals surface area (Å²) >= 11 is 0. The van der Waals surface area contributed by atoms with Crippen LogP contribution in [0.1, 0.15) is 26.2 Å². The van der Waals surface area contributed by atoms with E-state index < -0.39 is 19.1 Å². The first-order valence-corrected chi connectivity index (χ1v) is 7.03. The first-order valence-electron chi connectivity index (χ1n) is 7.03. The summed E-state index contributed by atoms with van der Waals surface area (Å²) in [5, 5.41) is 0. The molecular formula is C13H20F2N2O3. The number of ether oxygens (including phenoxy) is 1. The van der Waals surface area contributed by atoms with Crippen molar-refractivity contribution in [2.75, 3.05) is 26.3 Å². The van der Waals surface area contributed by atoms with Crippen LogP contribution in [0.5, 0.6) is 0 Å². The van der Waals surface area contributed by atoms with Gasteiger partial charge in [-0.2, -0.15) is 0 Å². The van der Waals surface area contributed by atoms with Crippen LogP contribution in [0, 0.1) is 0 Å². The minimum absolute atomic E-state index is 0.0246. The van der Waals surface area contributed by atoms with E-state index in [-0.39, 0.29) is 31.0 Å². The van der Waals surface area contributed by atoms with Crippen LogP contribution in [-0.4, -0.2) is 66.4 Å². The van der Waals surface area contributed by atoms with Gasteiger partial charge in [-0.05, 0) is 19.3 Å². The number of carbonyl (C=O) groups excluding carboxylic acids is 2. The highest BCUT2D eigenvalue weighted by Gasteiger charge is 2.46. The number of fused-ring (bicyclic) bond motifs is 1. The van der Waals surface area contributed by atoms with E-state index in [0.29, 0.717) is 19.4 Å². The normalized spacial score (nSPS) is 26.6. The molecule has 2 amide bonds. The molecule has 2 aliphatic rings. The van der Waals surface area contributed by atoms with E-state index in [4.69, 9.17) is 4.74 Å². The molecule has 0 saturated carbocycles. The third kappa shape index (κ3) is 2.92. The Morgan fingerprint density at radius 3 is 2.75 bits per heavy atom. The summed E-state index contributed by atoms with van der Waals surface area (Å²) in [5.41, 5.74) is 0. The van der Waals surface area contributed by atoms with Gasteiger partial charge in [0.1, 0.15) is 18.7 Å². The number of hydrogen-bond acceptors (Lipinski definition) is 3. The van der Waals surface area contributed by atoms with Crippen LogP contribution in [0.25, 0.3) is 0 Å². The van der Waals surface area contributed by atoms with Crippen LogP contribution in [0.4, 0.5) is 8.78 Å². The maximum atomic E-state index is 12.4. The van der Waals surface area contributed by atoms with Crippen molar-refractivity contribution in [3.05, 3.63) is 0 Å². The number of rotatable bonds is 6.